The molecule has 0 saturated heterocycles. The van der Waals surface area contributed by atoms with Gasteiger partial charge in [-0.3, -0.25) is 0 Å². The molecule has 1 heterocycles. The number of nitrogens with one attached hydrogen (secondary N) is 1. The van der Waals surface area contributed by atoms with Crippen LogP contribution in [0.25, 0.3) is 10.8 Å². The number of hydrogen-bond donors (Lipinski definition) is 1. The SMILES string of the molecule is COC(=O)NN(C(=O)OC)[C@@]12CCC[C@@H]1N(C(=O)OC)N(C(=O)OC)c1c2ccc2cc(OC)ccc12. The van der Waals surface area contributed by atoms with Gasteiger partial charge in [0, 0.05) is 10.9 Å². The molecule has 198 valence electrons. The largest absolute Gasteiger partial charge is 0.497 e. The van der Waals surface area contributed by atoms with Gasteiger partial charge in [-0.15, -0.1) is 0 Å². The summed E-state index contributed by atoms with van der Waals surface area (Å²) in [6, 6.07) is 7.92. The summed E-state index contributed by atoms with van der Waals surface area (Å²) in [5.74, 6) is 0.578. The van der Waals surface area contributed by atoms with E-state index in [2.05, 4.69) is 5.43 Å². The van der Waals surface area contributed by atoms with Gasteiger partial charge in [-0.1, -0.05) is 12.1 Å². The quantitative estimate of drug-likeness (QED) is 0.470. The Hall–Kier alpha value is -4.42. The number of nitrogens with zero attached hydrogens (tertiary/aromatic N) is 3. The fraction of sp³-hybridized carbons (Fsp3) is 0.417. The van der Waals surface area contributed by atoms with Crippen LogP contribution in [-0.4, -0.2) is 76.0 Å². The molecule has 2 aliphatic rings. The molecule has 1 fully saturated rings. The van der Waals surface area contributed by atoms with E-state index in [4.69, 9.17) is 23.7 Å². The first-order valence-electron chi connectivity index (χ1n) is 11.4. The van der Waals surface area contributed by atoms with Crippen molar-refractivity contribution in [2.75, 3.05) is 40.6 Å². The molecule has 1 aliphatic carbocycles. The highest BCUT2D eigenvalue weighted by Crippen LogP contribution is 2.55. The number of anilines is 1. The van der Waals surface area contributed by atoms with Crippen LogP contribution in [0.1, 0.15) is 24.8 Å². The molecule has 0 spiro atoms. The van der Waals surface area contributed by atoms with Gasteiger partial charge in [-0.05, 0) is 42.8 Å². The maximum absolute atomic E-state index is 13.3. The molecule has 1 N–H and O–H groups in total. The minimum absolute atomic E-state index is 0.274. The summed E-state index contributed by atoms with van der Waals surface area (Å²) in [6.07, 6.45) is -2.31. The first kappa shape index (κ1) is 25.7. The highest BCUT2D eigenvalue weighted by atomic mass is 16.6. The number of carbonyl (C=O) groups excluding carboxylic acids is 4. The van der Waals surface area contributed by atoms with Crippen LogP contribution in [0, 0.1) is 0 Å². The standard InChI is InChI=1S/C24H28N4O9/c1-33-15-9-10-16-14(13-15)8-11-17-19(16)27(22(31)36-4)26(21(30)35-3)18-7-6-12-24(17,18)28(23(32)37-5)25-20(29)34-2/h8-11,13,18H,6-7,12H2,1-5H3,(H,25,29)/t18-,24+/m0/s1. The third-order valence-electron chi connectivity index (χ3n) is 6.83. The number of hydrogen-bond acceptors (Lipinski definition) is 9. The number of methoxy groups -OCH3 is 5. The molecule has 4 amide bonds. The Morgan fingerprint density at radius 3 is 2.30 bits per heavy atom. The number of rotatable bonds is 2. The summed E-state index contributed by atoms with van der Waals surface area (Å²) >= 11 is 0. The smallest absolute Gasteiger partial charge is 0.433 e. The molecule has 4 rings (SSSR count). The van der Waals surface area contributed by atoms with Crippen molar-refractivity contribution in [2.24, 2.45) is 0 Å². The Labute approximate surface area is 212 Å². The summed E-state index contributed by atoms with van der Waals surface area (Å²) < 4.78 is 25.3. The highest BCUT2D eigenvalue weighted by Gasteiger charge is 2.62. The zero-order chi connectivity index (χ0) is 26.9. The first-order valence-corrected chi connectivity index (χ1v) is 11.4. The maximum Gasteiger partial charge on any atom is 0.433 e. The summed E-state index contributed by atoms with van der Waals surface area (Å²) in [4.78, 5) is 52.0. The van der Waals surface area contributed by atoms with Crippen LogP contribution in [-0.2, 0) is 24.5 Å². The van der Waals surface area contributed by atoms with E-state index in [0.29, 0.717) is 41.3 Å². The van der Waals surface area contributed by atoms with E-state index in [1.165, 1.54) is 28.4 Å². The lowest BCUT2D eigenvalue weighted by molar-refractivity contribution is -0.0244. The minimum atomic E-state index is -1.36. The Morgan fingerprint density at radius 2 is 1.68 bits per heavy atom. The van der Waals surface area contributed by atoms with Crippen LogP contribution in [0.2, 0.25) is 0 Å². The average Bonchev–Trinajstić information content (AvgIpc) is 3.38. The molecular weight excluding hydrogens is 488 g/mol. The molecule has 0 aromatic heterocycles. The van der Waals surface area contributed by atoms with Gasteiger partial charge in [-0.2, -0.15) is 5.01 Å². The number of benzene rings is 2. The van der Waals surface area contributed by atoms with Crippen molar-refractivity contribution >= 4 is 40.8 Å². The molecule has 0 radical (unpaired) electrons. The molecule has 37 heavy (non-hydrogen) atoms. The van der Waals surface area contributed by atoms with E-state index >= 15 is 0 Å². The second-order valence-electron chi connectivity index (χ2n) is 8.39. The highest BCUT2D eigenvalue weighted by molar-refractivity contribution is 6.05. The minimum Gasteiger partial charge on any atom is -0.497 e. The molecule has 1 saturated carbocycles. The van der Waals surface area contributed by atoms with Crippen molar-refractivity contribution in [3.05, 3.63) is 35.9 Å². The summed E-state index contributed by atoms with van der Waals surface area (Å²) in [6.45, 7) is 0. The zero-order valence-corrected chi connectivity index (χ0v) is 21.1. The summed E-state index contributed by atoms with van der Waals surface area (Å²) in [5.41, 5.74) is 1.86. The number of hydrazine groups is 2. The van der Waals surface area contributed by atoms with Crippen molar-refractivity contribution < 1.29 is 42.9 Å². The van der Waals surface area contributed by atoms with Crippen molar-refractivity contribution in [3.63, 3.8) is 0 Å². The lowest BCUT2D eigenvalue weighted by Gasteiger charge is -2.53. The van der Waals surface area contributed by atoms with Crippen molar-refractivity contribution in [1.82, 2.24) is 15.4 Å². The van der Waals surface area contributed by atoms with E-state index in [1.807, 2.05) is 6.07 Å². The van der Waals surface area contributed by atoms with Crippen molar-refractivity contribution in [3.8, 4) is 5.75 Å². The number of ether oxygens (including phenoxy) is 5. The van der Waals surface area contributed by atoms with Gasteiger partial charge in [0.2, 0.25) is 0 Å². The van der Waals surface area contributed by atoms with Gasteiger partial charge in [-0.25, -0.2) is 34.6 Å². The van der Waals surface area contributed by atoms with Gasteiger partial charge in [0.25, 0.3) is 0 Å². The Bertz CT molecular complexity index is 1250. The van der Waals surface area contributed by atoms with E-state index in [0.717, 1.165) is 22.1 Å². The maximum atomic E-state index is 13.3. The third kappa shape index (κ3) is 3.86. The predicted molar refractivity (Wildman–Crippen MR) is 129 cm³/mol. The van der Waals surface area contributed by atoms with Gasteiger partial charge in [0.15, 0.2) is 0 Å². The average molecular weight is 517 g/mol. The molecule has 13 heteroatoms. The van der Waals surface area contributed by atoms with Crippen LogP contribution >= 0.6 is 0 Å². The monoisotopic (exact) mass is 516 g/mol. The molecule has 0 unspecified atom stereocenters. The molecule has 2 atom stereocenters. The van der Waals surface area contributed by atoms with Gasteiger partial charge in [0.1, 0.15) is 11.3 Å². The van der Waals surface area contributed by atoms with Crippen molar-refractivity contribution in [2.45, 2.75) is 30.8 Å². The lowest BCUT2D eigenvalue weighted by Crippen LogP contribution is -2.71. The first-order chi connectivity index (χ1) is 17.8. The zero-order valence-electron chi connectivity index (χ0n) is 21.1. The van der Waals surface area contributed by atoms with Crippen LogP contribution < -0.4 is 15.2 Å². The molecule has 2 aromatic carbocycles. The van der Waals surface area contributed by atoms with Crippen LogP contribution in [0.3, 0.4) is 0 Å². The molecule has 0 bridgehead atoms. The topological polar surface area (TPSA) is 136 Å². The predicted octanol–water partition coefficient (Wildman–Crippen LogP) is 3.51. The fourth-order valence-corrected chi connectivity index (χ4v) is 5.34. The summed E-state index contributed by atoms with van der Waals surface area (Å²) in [7, 11) is 6.24. The van der Waals surface area contributed by atoms with Crippen LogP contribution in [0.5, 0.6) is 5.75 Å². The number of fused-ring (bicyclic) bond motifs is 5. The second-order valence-corrected chi connectivity index (χ2v) is 8.39. The van der Waals surface area contributed by atoms with E-state index in [9.17, 15) is 19.2 Å². The van der Waals surface area contributed by atoms with Gasteiger partial charge in [0.05, 0.1) is 47.3 Å². The molecule has 13 nitrogen and oxygen atoms in total. The Balaban J connectivity index is 2.12. The second kappa shape index (κ2) is 9.91. The van der Waals surface area contributed by atoms with E-state index in [-0.39, 0.29) is 5.69 Å². The number of amides is 4. The van der Waals surface area contributed by atoms with E-state index < -0.39 is 36.0 Å². The molecule has 1 aliphatic heterocycles. The van der Waals surface area contributed by atoms with E-state index in [1.54, 1.807) is 24.3 Å². The Morgan fingerprint density at radius 1 is 0.946 bits per heavy atom. The normalized spacial score (nSPS) is 19.9. The van der Waals surface area contributed by atoms with Crippen molar-refractivity contribution in [1.29, 1.82) is 0 Å². The van der Waals surface area contributed by atoms with Crippen LogP contribution in [0.15, 0.2) is 30.3 Å². The molecule has 2 aromatic rings. The fourth-order valence-electron chi connectivity index (χ4n) is 5.34. The Kier molecular flexibility index (Phi) is 6.88. The lowest BCUT2D eigenvalue weighted by atomic mass is 9.79. The number of carbonyl (C=O) groups is 4. The van der Waals surface area contributed by atoms with Gasteiger partial charge < -0.3 is 23.7 Å². The summed E-state index contributed by atoms with van der Waals surface area (Å²) in [5, 5.41) is 4.51. The molecular formula is C24H28N4O9. The van der Waals surface area contributed by atoms with Gasteiger partial charge >= 0.3 is 24.4 Å². The van der Waals surface area contributed by atoms with Crippen LogP contribution in [0.4, 0.5) is 24.9 Å². The third-order valence-corrected chi connectivity index (χ3v) is 6.83.